The number of piperidine rings is 1. The van der Waals surface area contributed by atoms with Crippen molar-refractivity contribution in [2.24, 2.45) is 4.99 Å². The molecule has 6 heteroatoms. The molecular weight excluding hydrogens is 306 g/mol. The summed E-state index contributed by atoms with van der Waals surface area (Å²) < 4.78 is 0. The Morgan fingerprint density at radius 3 is 3.00 bits per heavy atom. The van der Waals surface area contributed by atoms with E-state index in [4.69, 9.17) is 4.99 Å². The van der Waals surface area contributed by atoms with Crippen LogP contribution in [0.25, 0.3) is 0 Å². The number of aromatic nitrogens is 1. The van der Waals surface area contributed by atoms with Crippen molar-refractivity contribution < 1.29 is 0 Å². The van der Waals surface area contributed by atoms with Crippen LogP contribution < -0.4 is 10.6 Å². The Labute approximate surface area is 144 Å². The van der Waals surface area contributed by atoms with Gasteiger partial charge in [0, 0.05) is 43.2 Å². The maximum absolute atomic E-state index is 4.71. The molecule has 2 N–H and O–H groups in total. The summed E-state index contributed by atoms with van der Waals surface area (Å²) in [5, 5.41) is 7.93. The average molecular weight is 338 g/mol. The molecule has 5 nitrogen and oxygen atoms in total. The Bertz CT molecular complexity index is 485. The summed E-state index contributed by atoms with van der Waals surface area (Å²) in [5.74, 6) is 0.922. The van der Waals surface area contributed by atoms with Gasteiger partial charge in [0.15, 0.2) is 5.96 Å². The van der Waals surface area contributed by atoms with Gasteiger partial charge in [-0.15, -0.1) is 11.3 Å². The highest BCUT2D eigenvalue weighted by Crippen LogP contribution is 2.15. The summed E-state index contributed by atoms with van der Waals surface area (Å²) >= 11 is 1.77. The number of aryl methyl sites for hydroxylation is 1. The van der Waals surface area contributed by atoms with Gasteiger partial charge in [-0.1, -0.05) is 6.42 Å². The molecule has 1 aromatic rings. The Balaban J connectivity index is 1.72. The second-order valence-corrected chi connectivity index (χ2v) is 7.50. The molecule has 0 aromatic carbocycles. The lowest BCUT2D eigenvalue weighted by Crippen LogP contribution is -2.41. The molecule has 1 aliphatic heterocycles. The number of guanidine groups is 1. The van der Waals surface area contributed by atoms with Crippen LogP contribution in [0.2, 0.25) is 0 Å². The molecule has 1 fully saturated rings. The summed E-state index contributed by atoms with van der Waals surface area (Å²) in [6, 6.07) is 0.711. The van der Waals surface area contributed by atoms with Crippen LogP contribution in [0.3, 0.4) is 0 Å². The van der Waals surface area contributed by atoms with E-state index in [0.717, 1.165) is 38.6 Å². The Morgan fingerprint density at radius 2 is 2.30 bits per heavy atom. The Hall–Kier alpha value is -1.14. The van der Waals surface area contributed by atoms with Gasteiger partial charge in [-0.05, 0) is 40.2 Å². The van der Waals surface area contributed by atoms with Gasteiger partial charge < -0.3 is 10.6 Å². The van der Waals surface area contributed by atoms with E-state index in [0.29, 0.717) is 6.04 Å². The molecule has 2 heterocycles. The van der Waals surface area contributed by atoms with Crippen LogP contribution in [0.5, 0.6) is 0 Å². The molecule has 2 rings (SSSR count). The van der Waals surface area contributed by atoms with E-state index in [1.165, 1.54) is 35.7 Å². The van der Waals surface area contributed by atoms with Gasteiger partial charge in [-0.25, -0.2) is 4.98 Å². The van der Waals surface area contributed by atoms with Gasteiger partial charge in [0.05, 0.1) is 11.6 Å². The number of nitrogens with zero attached hydrogens (tertiary/aromatic N) is 3. The summed E-state index contributed by atoms with van der Waals surface area (Å²) in [4.78, 5) is 13.0. The van der Waals surface area contributed by atoms with Crippen molar-refractivity contribution in [2.75, 3.05) is 32.7 Å². The zero-order valence-corrected chi connectivity index (χ0v) is 15.6. The molecule has 0 spiro atoms. The minimum absolute atomic E-state index is 0.711. The smallest absolute Gasteiger partial charge is 0.191 e. The molecule has 1 unspecified atom stereocenters. The van der Waals surface area contributed by atoms with E-state index < -0.39 is 0 Å². The number of hydrogen-bond acceptors (Lipinski definition) is 4. The first-order valence-electron chi connectivity index (χ1n) is 8.86. The lowest BCUT2D eigenvalue weighted by molar-refractivity contribution is 0.166. The summed E-state index contributed by atoms with van der Waals surface area (Å²) in [6.45, 7) is 11.4. The minimum atomic E-state index is 0.711. The highest BCUT2D eigenvalue weighted by atomic mass is 32.1. The first-order chi connectivity index (χ1) is 11.2. The van der Waals surface area contributed by atoms with Crippen molar-refractivity contribution >= 4 is 17.3 Å². The van der Waals surface area contributed by atoms with Crippen LogP contribution in [0.1, 0.15) is 43.0 Å². The van der Waals surface area contributed by atoms with Crippen molar-refractivity contribution in [3.05, 3.63) is 16.1 Å². The third kappa shape index (κ3) is 6.47. The summed E-state index contributed by atoms with van der Waals surface area (Å²) in [7, 11) is 0. The first kappa shape index (κ1) is 18.2. The number of aliphatic imine (C=N–C) groups is 1. The van der Waals surface area contributed by atoms with Crippen molar-refractivity contribution in [1.29, 1.82) is 0 Å². The molecule has 0 saturated carbocycles. The Kier molecular flexibility index (Phi) is 7.82. The second kappa shape index (κ2) is 9.88. The van der Waals surface area contributed by atoms with E-state index in [9.17, 15) is 0 Å². The van der Waals surface area contributed by atoms with Crippen LogP contribution in [-0.2, 0) is 6.42 Å². The van der Waals surface area contributed by atoms with Crippen molar-refractivity contribution in [3.63, 3.8) is 0 Å². The van der Waals surface area contributed by atoms with Crippen molar-refractivity contribution in [3.8, 4) is 0 Å². The van der Waals surface area contributed by atoms with E-state index in [1.54, 1.807) is 11.3 Å². The topological polar surface area (TPSA) is 52.6 Å². The van der Waals surface area contributed by atoms with Crippen LogP contribution in [0.15, 0.2) is 11.2 Å². The fourth-order valence-corrected chi connectivity index (χ4v) is 3.71. The molecule has 1 atom stereocenters. The lowest BCUT2D eigenvalue weighted by Gasteiger charge is -2.32. The first-order valence-corrected chi connectivity index (χ1v) is 9.68. The zero-order valence-electron chi connectivity index (χ0n) is 14.8. The van der Waals surface area contributed by atoms with Crippen LogP contribution in [0.4, 0.5) is 0 Å². The predicted octanol–water partition coefficient (Wildman–Crippen LogP) is 2.42. The SMILES string of the molecule is CCNC(=NCCN1CCCCC1C)NCCc1ncc(C)s1. The summed E-state index contributed by atoms with van der Waals surface area (Å²) in [6.07, 6.45) is 6.93. The number of nitrogens with one attached hydrogen (secondary N) is 2. The van der Waals surface area contributed by atoms with Gasteiger partial charge in [-0.2, -0.15) is 0 Å². The van der Waals surface area contributed by atoms with Crippen molar-refractivity contribution in [2.45, 2.75) is 52.5 Å². The molecule has 0 radical (unpaired) electrons. The average Bonchev–Trinajstić information content (AvgIpc) is 2.94. The fraction of sp³-hybridized carbons (Fsp3) is 0.765. The molecule has 23 heavy (non-hydrogen) atoms. The van der Waals surface area contributed by atoms with Gasteiger partial charge in [0.2, 0.25) is 0 Å². The lowest BCUT2D eigenvalue weighted by atomic mass is 10.0. The molecule has 1 aliphatic rings. The number of hydrogen-bond donors (Lipinski definition) is 2. The number of rotatable bonds is 7. The normalized spacial score (nSPS) is 19.8. The van der Waals surface area contributed by atoms with E-state index >= 15 is 0 Å². The largest absolute Gasteiger partial charge is 0.357 e. The van der Waals surface area contributed by atoms with Gasteiger partial charge in [0.25, 0.3) is 0 Å². The molecule has 1 aromatic heterocycles. The van der Waals surface area contributed by atoms with Crippen LogP contribution in [-0.4, -0.2) is 54.6 Å². The fourth-order valence-electron chi connectivity index (χ4n) is 2.93. The number of thiazole rings is 1. The van der Waals surface area contributed by atoms with Gasteiger partial charge >= 0.3 is 0 Å². The molecule has 130 valence electrons. The van der Waals surface area contributed by atoms with Crippen LogP contribution >= 0.6 is 11.3 Å². The third-order valence-electron chi connectivity index (χ3n) is 4.24. The highest BCUT2D eigenvalue weighted by molar-refractivity contribution is 7.11. The van der Waals surface area contributed by atoms with Crippen molar-refractivity contribution in [1.82, 2.24) is 20.5 Å². The second-order valence-electron chi connectivity index (χ2n) is 6.18. The monoisotopic (exact) mass is 337 g/mol. The third-order valence-corrected chi connectivity index (χ3v) is 5.21. The molecule has 0 bridgehead atoms. The predicted molar refractivity (Wildman–Crippen MR) is 99.4 cm³/mol. The molecule has 0 amide bonds. The van der Waals surface area contributed by atoms with Crippen LogP contribution in [0, 0.1) is 6.92 Å². The quantitative estimate of drug-likeness (QED) is 0.593. The molecular formula is C17H31N5S. The van der Waals surface area contributed by atoms with E-state index in [1.807, 2.05) is 6.20 Å². The number of likely N-dealkylation sites (tertiary alicyclic amines) is 1. The Morgan fingerprint density at radius 1 is 1.43 bits per heavy atom. The summed E-state index contributed by atoms with van der Waals surface area (Å²) in [5.41, 5.74) is 0. The van der Waals surface area contributed by atoms with Gasteiger partial charge in [-0.3, -0.25) is 9.89 Å². The highest BCUT2D eigenvalue weighted by Gasteiger charge is 2.17. The maximum atomic E-state index is 4.71. The van der Waals surface area contributed by atoms with E-state index in [-0.39, 0.29) is 0 Å². The minimum Gasteiger partial charge on any atom is -0.357 e. The molecule has 0 aliphatic carbocycles. The van der Waals surface area contributed by atoms with Gasteiger partial charge in [0.1, 0.15) is 0 Å². The standard InChI is InChI=1S/C17H31N5S/c1-4-18-17(19-9-8-16-21-13-15(3)23-16)20-10-12-22-11-6-5-7-14(22)2/h13-14H,4-12H2,1-3H3,(H2,18,19,20). The molecule has 1 saturated heterocycles. The van der Waals surface area contributed by atoms with E-state index in [2.05, 4.69) is 41.3 Å². The maximum Gasteiger partial charge on any atom is 0.191 e. The zero-order chi connectivity index (χ0) is 16.5.